The van der Waals surface area contributed by atoms with E-state index < -0.39 is 5.97 Å². The van der Waals surface area contributed by atoms with Gasteiger partial charge in [-0.05, 0) is 36.8 Å². The number of Topliss-reactive ketones (excluding diaryl/α,β-unsaturated/α-hetero) is 1. The first-order valence-electron chi connectivity index (χ1n) is 7.36. The molecule has 3 rings (SSSR count). The zero-order chi connectivity index (χ0) is 17.3. The van der Waals surface area contributed by atoms with Crippen molar-refractivity contribution in [2.75, 3.05) is 0 Å². The summed E-state index contributed by atoms with van der Waals surface area (Å²) in [6.07, 6.45) is 0.379. The maximum atomic E-state index is 11.6. The molecule has 1 N–H and O–H groups in total. The van der Waals surface area contributed by atoms with E-state index >= 15 is 0 Å². The number of aromatic nitrogens is 1. The van der Waals surface area contributed by atoms with E-state index in [-0.39, 0.29) is 11.3 Å². The van der Waals surface area contributed by atoms with Crippen LogP contribution in [0.25, 0.3) is 22.2 Å². The Morgan fingerprint density at radius 1 is 1.08 bits per heavy atom. The molecule has 2 aromatic carbocycles. The highest BCUT2D eigenvalue weighted by atomic mass is 35.5. The molecule has 0 spiro atoms. The Labute approximate surface area is 143 Å². The number of nitrogens with zero attached hydrogens (tertiary/aromatic N) is 1. The number of pyridine rings is 1. The van der Waals surface area contributed by atoms with Gasteiger partial charge in [0.1, 0.15) is 5.78 Å². The van der Waals surface area contributed by atoms with Crippen molar-refractivity contribution in [3.63, 3.8) is 0 Å². The van der Waals surface area contributed by atoms with Crippen molar-refractivity contribution in [3.05, 3.63) is 64.7 Å². The fraction of sp³-hybridized carbons (Fsp3) is 0.105. The number of carbonyl (C=O) groups is 2. The molecule has 1 aromatic heterocycles. The SMILES string of the molecule is CC(=O)Cc1ccc(-c2cc(C(=O)O)c3cc(Cl)ccc3n2)cc1. The van der Waals surface area contributed by atoms with E-state index in [2.05, 4.69) is 4.98 Å². The molecule has 0 bridgehead atoms. The van der Waals surface area contributed by atoms with Crippen LogP contribution in [-0.2, 0) is 11.2 Å². The molecule has 0 aliphatic heterocycles. The third kappa shape index (κ3) is 3.29. The summed E-state index contributed by atoms with van der Waals surface area (Å²) in [6.45, 7) is 1.54. The van der Waals surface area contributed by atoms with Crippen LogP contribution in [0, 0.1) is 0 Å². The van der Waals surface area contributed by atoms with Gasteiger partial charge in [-0.1, -0.05) is 35.9 Å². The Bertz CT molecular complexity index is 949. The molecular formula is C19H14ClNO3. The van der Waals surface area contributed by atoms with Crippen molar-refractivity contribution in [2.24, 2.45) is 0 Å². The van der Waals surface area contributed by atoms with E-state index in [9.17, 15) is 14.7 Å². The fourth-order valence-electron chi connectivity index (χ4n) is 2.60. The third-order valence-electron chi connectivity index (χ3n) is 3.70. The van der Waals surface area contributed by atoms with Gasteiger partial charge in [-0.3, -0.25) is 4.79 Å². The highest BCUT2D eigenvalue weighted by Gasteiger charge is 2.13. The van der Waals surface area contributed by atoms with E-state index in [1.165, 1.54) is 0 Å². The predicted octanol–water partition coefficient (Wildman–Crippen LogP) is 4.38. The molecule has 0 aliphatic carbocycles. The molecule has 24 heavy (non-hydrogen) atoms. The van der Waals surface area contributed by atoms with Crippen molar-refractivity contribution in [1.29, 1.82) is 0 Å². The van der Waals surface area contributed by atoms with Gasteiger partial charge in [-0.15, -0.1) is 0 Å². The predicted molar refractivity (Wildman–Crippen MR) is 93.5 cm³/mol. The first-order valence-corrected chi connectivity index (χ1v) is 7.74. The van der Waals surface area contributed by atoms with Crippen LogP contribution in [0.3, 0.4) is 0 Å². The van der Waals surface area contributed by atoms with E-state index in [0.717, 1.165) is 11.1 Å². The molecule has 0 saturated heterocycles. The summed E-state index contributed by atoms with van der Waals surface area (Å²) in [5.41, 5.74) is 3.00. The van der Waals surface area contributed by atoms with Crippen LogP contribution in [-0.4, -0.2) is 21.8 Å². The summed E-state index contributed by atoms with van der Waals surface area (Å²) in [7, 11) is 0. The molecule has 5 heteroatoms. The number of benzene rings is 2. The van der Waals surface area contributed by atoms with Crippen LogP contribution in [0.5, 0.6) is 0 Å². The molecule has 0 atom stereocenters. The molecular weight excluding hydrogens is 326 g/mol. The molecule has 0 saturated carbocycles. The van der Waals surface area contributed by atoms with Gasteiger partial charge in [0.15, 0.2) is 0 Å². The second-order valence-electron chi connectivity index (χ2n) is 5.60. The summed E-state index contributed by atoms with van der Waals surface area (Å²) >= 11 is 5.96. The Morgan fingerprint density at radius 3 is 2.42 bits per heavy atom. The van der Waals surface area contributed by atoms with Crippen LogP contribution in [0.15, 0.2) is 48.5 Å². The second kappa shape index (κ2) is 6.42. The molecule has 0 unspecified atom stereocenters. The highest BCUT2D eigenvalue weighted by Crippen LogP contribution is 2.27. The standard InChI is InChI=1S/C19H14ClNO3/c1-11(22)8-12-2-4-13(5-3-12)18-10-16(19(23)24)15-9-14(20)6-7-17(15)21-18/h2-7,9-10H,8H2,1H3,(H,23,24). The van der Waals surface area contributed by atoms with Gasteiger partial charge in [-0.25, -0.2) is 9.78 Å². The number of aromatic carboxylic acids is 1. The minimum absolute atomic E-state index is 0.0941. The van der Waals surface area contributed by atoms with Gasteiger partial charge >= 0.3 is 5.97 Å². The van der Waals surface area contributed by atoms with E-state index in [1.54, 1.807) is 31.2 Å². The average Bonchev–Trinajstić information content (AvgIpc) is 2.54. The van der Waals surface area contributed by atoms with Gasteiger partial charge < -0.3 is 5.11 Å². The van der Waals surface area contributed by atoms with E-state index in [4.69, 9.17) is 11.6 Å². The summed E-state index contributed by atoms with van der Waals surface area (Å²) < 4.78 is 0. The fourth-order valence-corrected chi connectivity index (χ4v) is 2.78. The number of ketones is 1. The number of carboxylic acid groups (broad SMARTS) is 1. The number of carbonyl (C=O) groups excluding carboxylic acids is 1. The van der Waals surface area contributed by atoms with Crippen LogP contribution in [0.4, 0.5) is 0 Å². The molecule has 3 aromatic rings. The second-order valence-corrected chi connectivity index (χ2v) is 6.03. The van der Waals surface area contributed by atoms with Gasteiger partial charge in [0.2, 0.25) is 0 Å². The number of fused-ring (bicyclic) bond motifs is 1. The average molecular weight is 340 g/mol. The van der Waals surface area contributed by atoms with Crippen molar-refractivity contribution in [3.8, 4) is 11.3 Å². The molecule has 0 radical (unpaired) electrons. The Kier molecular flexibility index (Phi) is 4.32. The largest absolute Gasteiger partial charge is 0.478 e. The lowest BCUT2D eigenvalue weighted by molar-refractivity contribution is -0.116. The monoisotopic (exact) mass is 339 g/mol. The maximum Gasteiger partial charge on any atom is 0.336 e. The smallest absolute Gasteiger partial charge is 0.336 e. The van der Waals surface area contributed by atoms with Crippen molar-refractivity contribution in [2.45, 2.75) is 13.3 Å². The number of carboxylic acids is 1. The lowest BCUT2D eigenvalue weighted by Crippen LogP contribution is -2.00. The van der Waals surface area contributed by atoms with Crippen LogP contribution >= 0.6 is 11.6 Å². The summed E-state index contributed by atoms with van der Waals surface area (Å²) in [5.74, 6) is -0.935. The zero-order valence-corrected chi connectivity index (χ0v) is 13.7. The minimum atomic E-state index is -1.03. The molecule has 4 nitrogen and oxygen atoms in total. The lowest BCUT2D eigenvalue weighted by Gasteiger charge is -2.08. The molecule has 0 fully saturated rings. The molecule has 0 amide bonds. The quantitative estimate of drug-likeness (QED) is 0.765. The number of rotatable bonds is 4. The summed E-state index contributed by atoms with van der Waals surface area (Å²) in [6, 6.07) is 13.9. The van der Waals surface area contributed by atoms with Gasteiger partial charge in [0.25, 0.3) is 0 Å². The topological polar surface area (TPSA) is 67.3 Å². The summed E-state index contributed by atoms with van der Waals surface area (Å²) in [5, 5.41) is 10.5. The Hall–Kier alpha value is -2.72. The molecule has 1 heterocycles. The van der Waals surface area contributed by atoms with Crippen LogP contribution < -0.4 is 0 Å². The highest BCUT2D eigenvalue weighted by molar-refractivity contribution is 6.31. The van der Waals surface area contributed by atoms with Crippen molar-refractivity contribution >= 4 is 34.3 Å². The molecule has 120 valence electrons. The lowest BCUT2D eigenvalue weighted by atomic mass is 10.0. The van der Waals surface area contributed by atoms with Crippen molar-refractivity contribution < 1.29 is 14.7 Å². The normalized spacial score (nSPS) is 10.8. The third-order valence-corrected chi connectivity index (χ3v) is 3.94. The van der Waals surface area contributed by atoms with Gasteiger partial charge in [-0.2, -0.15) is 0 Å². The number of hydrogen-bond donors (Lipinski definition) is 1. The number of halogens is 1. The van der Waals surface area contributed by atoms with E-state index in [1.807, 2.05) is 24.3 Å². The van der Waals surface area contributed by atoms with Gasteiger partial charge in [0, 0.05) is 22.4 Å². The van der Waals surface area contributed by atoms with Crippen LogP contribution in [0.1, 0.15) is 22.8 Å². The Morgan fingerprint density at radius 2 is 1.79 bits per heavy atom. The first kappa shape index (κ1) is 16.1. The van der Waals surface area contributed by atoms with E-state index in [0.29, 0.717) is 28.0 Å². The van der Waals surface area contributed by atoms with Crippen molar-refractivity contribution in [1.82, 2.24) is 4.98 Å². The first-order chi connectivity index (χ1) is 11.4. The van der Waals surface area contributed by atoms with Crippen LogP contribution in [0.2, 0.25) is 5.02 Å². The number of hydrogen-bond acceptors (Lipinski definition) is 3. The zero-order valence-electron chi connectivity index (χ0n) is 12.9. The Balaban J connectivity index is 2.11. The molecule has 0 aliphatic rings. The van der Waals surface area contributed by atoms with Gasteiger partial charge in [0.05, 0.1) is 16.8 Å². The maximum absolute atomic E-state index is 11.6. The summed E-state index contributed by atoms with van der Waals surface area (Å²) in [4.78, 5) is 27.3. The minimum Gasteiger partial charge on any atom is -0.478 e.